The highest BCUT2D eigenvalue weighted by Crippen LogP contribution is 2.39. The Balaban J connectivity index is 0.856. The molecular weight excluding hydrogens is 913 g/mol. The van der Waals surface area contributed by atoms with Crippen LogP contribution in [0.25, 0.3) is 135 Å². The largest absolute Gasteiger partial charge is 0.309 e. The molecule has 14 rings (SSSR count). The van der Waals surface area contributed by atoms with E-state index in [-0.39, 0.29) is 0 Å². The molecule has 0 amide bonds. The third-order valence-electron chi connectivity index (χ3n) is 13.3. The Hall–Kier alpha value is -10.5. The van der Waals surface area contributed by atoms with Crippen molar-refractivity contribution in [2.45, 2.75) is 0 Å². The van der Waals surface area contributed by atoms with Gasteiger partial charge in [0.2, 0.25) is 5.82 Å². The quantitative estimate of drug-likeness (QED) is 0.137. The minimum Gasteiger partial charge on any atom is -0.309 e. The van der Waals surface area contributed by atoms with Crippen LogP contribution in [-0.4, -0.2) is 59.0 Å². The average molecular weight is 951 g/mol. The van der Waals surface area contributed by atoms with Gasteiger partial charge in [-0.3, -0.25) is 14.5 Å². The van der Waals surface area contributed by atoms with E-state index in [9.17, 15) is 0 Å². The number of para-hydroxylation sites is 2. The van der Waals surface area contributed by atoms with Gasteiger partial charge in [0, 0.05) is 86.0 Å². The van der Waals surface area contributed by atoms with E-state index in [2.05, 4.69) is 128 Å². The SMILES string of the molecule is c1ccc(-c2nc(-c3cccnc3)nc(-c3cccc(-n4c5ccccc5c5cc(-c6ccc7c(c6)c6ccccc6n7-c6ccnc(-c7nc(-c8ccccc8)nc(-c8cccnc8)n7)n6)ccc54)c3)n2)cc1. The van der Waals surface area contributed by atoms with E-state index in [4.69, 9.17) is 39.9 Å². The molecule has 0 aliphatic rings. The highest BCUT2D eigenvalue weighted by molar-refractivity contribution is 6.12. The lowest BCUT2D eigenvalue weighted by atomic mass is 10.0. The summed E-state index contributed by atoms with van der Waals surface area (Å²) in [5, 5.41) is 4.50. The predicted octanol–water partition coefficient (Wildman–Crippen LogP) is 13.5. The number of hydrogen-bond donors (Lipinski definition) is 0. The maximum absolute atomic E-state index is 5.15. The summed E-state index contributed by atoms with van der Waals surface area (Å²) in [4.78, 5) is 48.1. The van der Waals surface area contributed by atoms with Gasteiger partial charge in [-0.2, -0.15) is 0 Å². The predicted molar refractivity (Wildman–Crippen MR) is 291 cm³/mol. The maximum atomic E-state index is 5.15. The number of hydrogen-bond acceptors (Lipinski definition) is 10. The van der Waals surface area contributed by atoms with Gasteiger partial charge >= 0.3 is 0 Å². The molecule has 0 N–H and O–H groups in total. The molecule has 0 aliphatic heterocycles. The van der Waals surface area contributed by atoms with Crippen molar-refractivity contribution in [2.75, 3.05) is 0 Å². The molecule has 7 aromatic carbocycles. The first-order valence-corrected chi connectivity index (χ1v) is 24.1. The lowest BCUT2D eigenvalue weighted by Gasteiger charge is -2.12. The summed E-state index contributed by atoms with van der Waals surface area (Å²) >= 11 is 0. The Morgan fingerprint density at radius 1 is 0.257 bits per heavy atom. The van der Waals surface area contributed by atoms with E-state index in [1.165, 1.54) is 0 Å². The molecule has 12 nitrogen and oxygen atoms in total. The van der Waals surface area contributed by atoms with Crippen LogP contribution in [0.2, 0.25) is 0 Å². The van der Waals surface area contributed by atoms with Crippen LogP contribution in [0.5, 0.6) is 0 Å². The molecule has 0 radical (unpaired) electrons. The first-order valence-electron chi connectivity index (χ1n) is 24.1. The number of benzene rings is 7. The Bertz CT molecular complexity index is 4020. The van der Waals surface area contributed by atoms with E-state index in [1.807, 2.05) is 91.0 Å². The molecule has 74 heavy (non-hydrogen) atoms. The van der Waals surface area contributed by atoms with Crippen molar-refractivity contribution < 1.29 is 0 Å². The van der Waals surface area contributed by atoms with Crippen LogP contribution in [0, 0.1) is 0 Å². The third-order valence-corrected chi connectivity index (χ3v) is 13.3. The van der Waals surface area contributed by atoms with E-state index in [0.29, 0.717) is 46.6 Å². The number of pyridine rings is 2. The standard InChI is InChI=1S/C62H38N12/c1-3-14-39(15-4-1)56-67-58(70-59(68-56)44-19-12-31-63-37-44)43-18-11-21-46(34-43)73-51-24-9-7-22-47(51)49-35-41(26-28-53(49)73)42-27-29-54-50(36-42)48-23-8-10-25-52(48)74(54)55-30-33-65-61(66-55)62-71-57(40-16-5-2-6-17-40)69-60(72-62)45-20-13-32-64-38-45/h1-38H. The normalized spacial score (nSPS) is 11.5. The fourth-order valence-corrected chi connectivity index (χ4v) is 9.86. The molecule has 0 saturated heterocycles. The molecule has 12 heteroatoms. The van der Waals surface area contributed by atoms with Crippen molar-refractivity contribution >= 4 is 43.6 Å². The maximum Gasteiger partial charge on any atom is 0.201 e. The van der Waals surface area contributed by atoms with Gasteiger partial charge in [0.1, 0.15) is 5.82 Å². The minimum absolute atomic E-state index is 0.364. The Kier molecular flexibility index (Phi) is 10.2. The summed E-state index contributed by atoms with van der Waals surface area (Å²) in [5.41, 5.74) is 11.6. The monoisotopic (exact) mass is 950 g/mol. The zero-order valence-corrected chi connectivity index (χ0v) is 39.3. The van der Waals surface area contributed by atoms with Gasteiger partial charge in [-0.05, 0) is 90.0 Å². The first kappa shape index (κ1) is 42.4. The van der Waals surface area contributed by atoms with Crippen LogP contribution in [0.3, 0.4) is 0 Å². The molecule has 0 saturated carbocycles. The second-order valence-electron chi connectivity index (χ2n) is 17.8. The summed E-state index contributed by atoms with van der Waals surface area (Å²) in [7, 11) is 0. The van der Waals surface area contributed by atoms with Crippen molar-refractivity contribution in [1.82, 2.24) is 59.0 Å². The van der Waals surface area contributed by atoms with Crippen LogP contribution in [-0.2, 0) is 0 Å². The molecule has 7 aromatic heterocycles. The molecule has 346 valence electrons. The first-order chi connectivity index (χ1) is 36.7. The summed E-state index contributed by atoms with van der Waals surface area (Å²) in [5.74, 6) is 4.19. The second kappa shape index (κ2) is 17.7. The van der Waals surface area contributed by atoms with Crippen molar-refractivity contribution in [3.8, 4) is 91.2 Å². The van der Waals surface area contributed by atoms with Crippen LogP contribution in [0.4, 0.5) is 0 Å². The third kappa shape index (κ3) is 7.49. The lowest BCUT2D eigenvalue weighted by molar-refractivity contribution is 0.996. The molecular formula is C62H38N12. The highest BCUT2D eigenvalue weighted by Gasteiger charge is 2.20. The van der Waals surface area contributed by atoms with Crippen molar-refractivity contribution in [3.63, 3.8) is 0 Å². The molecule has 7 heterocycles. The van der Waals surface area contributed by atoms with E-state index < -0.39 is 0 Å². The minimum atomic E-state index is 0.364. The van der Waals surface area contributed by atoms with Crippen LogP contribution >= 0.6 is 0 Å². The summed E-state index contributed by atoms with van der Waals surface area (Å²) in [6, 6.07) is 68.3. The Morgan fingerprint density at radius 2 is 0.716 bits per heavy atom. The average Bonchev–Trinajstić information content (AvgIpc) is 4.02. The Morgan fingerprint density at radius 3 is 1.28 bits per heavy atom. The highest BCUT2D eigenvalue weighted by atomic mass is 15.1. The smallest absolute Gasteiger partial charge is 0.201 e. The summed E-state index contributed by atoms with van der Waals surface area (Å²) < 4.78 is 4.51. The zero-order chi connectivity index (χ0) is 49.0. The number of rotatable bonds is 9. The molecule has 14 aromatic rings. The topological polar surface area (TPSA) is 139 Å². The fraction of sp³-hybridized carbons (Fsp3) is 0. The fourth-order valence-electron chi connectivity index (χ4n) is 9.86. The number of fused-ring (bicyclic) bond motifs is 6. The molecule has 0 spiro atoms. The van der Waals surface area contributed by atoms with Crippen molar-refractivity contribution in [1.29, 1.82) is 0 Å². The van der Waals surface area contributed by atoms with Gasteiger partial charge in [-0.1, -0.05) is 121 Å². The van der Waals surface area contributed by atoms with Crippen LogP contribution in [0.15, 0.2) is 231 Å². The Labute approximate surface area is 423 Å². The number of nitrogens with zero attached hydrogens (tertiary/aromatic N) is 12. The van der Waals surface area contributed by atoms with E-state index >= 15 is 0 Å². The molecule has 0 atom stereocenters. The molecule has 0 aliphatic carbocycles. The van der Waals surface area contributed by atoms with Crippen molar-refractivity contribution in [3.05, 3.63) is 231 Å². The van der Waals surface area contributed by atoms with Crippen LogP contribution in [0.1, 0.15) is 0 Å². The van der Waals surface area contributed by atoms with Crippen LogP contribution < -0.4 is 0 Å². The lowest BCUT2D eigenvalue weighted by Crippen LogP contribution is -2.05. The van der Waals surface area contributed by atoms with Gasteiger partial charge in [0.25, 0.3) is 0 Å². The zero-order valence-electron chi connectivity index (χ0n) is 39.3. The second-order valence-corrected chi connectivity index (χ2v) is 17.8. The van der Waals surface area contributed by atoms with Gasteiger partial charge in [-0.25, -0.2) is 39.9 Å². The number of aromatic nitrogens is 12. The molecule has 0 unspecified atom stereocenters. The van der Waals surface area contributed by atoms with Gasteiger partial charge in [-0.15, -0.1) is 0 Å². The van der Waals surface area contributed by atoms with Gasteiger partial charge in [0.05, 0.1) is 22.1 Å². The summed E-state index contributed by atoms with van der Waals surface area (Å²) in [6.45, 7) is 0. The van der Waals surface area contributed by atoms with Gasteiger partial charge < -0.3 is 4.57 Å². The molecule has 0 fully saturated rings. The van der Waals surface area contributed by atoms with Crippen molar-refractivity contribution in [2.24, 2.45) is 0 Å². The molecule has 0 bridgehead atoms. The van der Waals surface area contributed by atoms with E-state index in [0.717, 1.165) is 88.2 Å². The summed E-state index contributed by atoms with van der Waals surface area (Å²) in [6.07, 6.45) is 8.77. The van der Waals surface area contributed by atoms with E-state index in [1.54, 1.807) is 31.0 Å². The van der Waals surface area contributed by atoms with Gasteiger partial charge in [0.15, 0.2) is 34.9 Å².